The summed E-state index contributed by atoms with van der Waals surface area (Å²) in [6, 6.07) is 11.5. The maximum Gasteiger partial charge on any atom is 0.223 e. The first-order chi connectivity index (χ1) is 18.7. The molecular formula is C29H39N5O4S. The molecule has 10 heteroatoms. The third-order valence-electron chi connectivity index (χ3n) is 6.70. The average Bonchev–Trinajstić information content (AvgIpc) is 3.57. The lowest BCUT2D eigenvalue weighted by molar-refractivity contribution is -0.143. The number of ether oxygens (including phenoxy) is 1. The molecule has 0 N–H and O–H groups in total. The number of rotatable bonds is 10. The van der Waals surface area contributed by atoms with Gasteiger partial charge in [-0.25, -0.2) is 0 Å². The predicted octanol–water partition coefficient (Wildman–Crippen LogP) is 5.29. The van der Waals surface area contributed by atoms with Crippen molar-refractivity contribution < 1.29 is 18.7 Å². The Bertz CT molecular complexity index is 1230. The second-order valence-corrected chi connectivity index (χ2v) is 12.2. The fraction of sp³-hybridized carbons (Fsp3) is 0.517. The van der Waals surface area contributed by atoms with Crippen LogP contribution in [0.3, 0.4) is 0 Å². The summed E-state index contributed by atoms with van der Waals surface area (Å²) in [4.78, 5) is 29.4. The molecule has 1 aromatic carbocycles. The molecule has 1 aliphatic rings. The van der Waals surface area contributed by atoms with E-state index >= 15 is 0 Å². The zero-order chi connectivity index (χ0) is 28.0. The van der Waals surface area contributed by atoms with Crippen LogP contribution in [0.25, 0.3) is 17.3 Å². The van der Waals surface area contributed by atoms with E-state index in [9.17, 15) is 9.59 Å². The largest absolute Gasteiger partial charge is 0.497 e. The lowest BCUT2D eigenvalue weighted by atomic mass is 9.91. The molecule has 0 bridgehead atoms. The first-order valence-corrected chi connectivity index (χ1v) is 14.5. The molecule has 0 aliphatic carbocycles. The molecule has 1 aliphatic heterocycles. The number of carbonyl (C=O) groups is 2. The van der Waals surface area contributed by atoms with Gasteiger partial charge < -0.3 is 19.0 Å². The Morgan fingerprint density at radius 3 is 2.49 bits per heavy atom. The van der Waals surface area contributed by atoms with Crippen LogP contribution in [0, 0.1) is 5.41 Å². The van der Waals surface area contributed by atoms with Crippen LogP contribution in [-0.2, 0) is 9.59 Å². The van der Waals surface area contributed by atoms with Crippen molar-refractivity contribution in [3.05, 3.63) is 42.7 Å². The highest BCUT2D eigenvalue weighted by molar-refractivity contribution is 7.99. The van der Waals surface area contributed by atoms with Crippen LogP contribution in [0.5, 0.6) is 5.75 Å². The molecule has 1 atom stereocenters. The van der Waals surface area contributed by atoms with Crippen molar-refractivity contribution in [1.29, 1.82) is 0 Å². The number of benzene rings is 1. The molecule has 9 nitrogen and oxygen atoms in total. The topological polar surface area (TPSA) is 93.7 Å². The van der Waals surface area contributed by atoms with Crippen LogP contribution in [0.4, 0.5) is 0 Å². The van der Waals surface area contributed by atoms with E-state index in [2.05, 4.69) is 31.0 Å². The van der Waals surface area contributed by atoms with Gasteiger partial charge in [0, 0.05) is 44.3 Å². The van der Waals surface area contributed by atoms with E-state index in [1.54, 1.807) is 25.1 Å². The summed E-state index contributed by atoms with van der Waals surface area (Å²) in [5, 5.41) is 9.58. The number of aromatic nitrogens is 3. The van der Waals surface area contributed by atoms with Gasteiger partial charge in [0.2, 0.25) is 17.6 Å². The van der Waals surface area contributed by atoms with Gasteiger partial charge >= 0.3 is 0 Å². The summed E-state index contributed by atoms with van der Waals surface area (Å²) in [5.41, 5.74) is 0.878. The number of nitrogens with zero attached hydrogens (tertiary/aromatic N) is 5. The van der Waals surface area contributed by atoms with E-state index in [0.29, 0.717) is 44.1 Å². The van der Waals surface area contributed by atoms with Crippen molar-refractivity contribution in [2.75, 3.05) is 32.5 Å². The van der Waals surface area contributed by atoms with Crippen LogP contribution in [0.2, 0.25) is 0 Å². The Balaban J connectivity index is 1.28. The lowest BCUT2D eigenvalue weighted by Gasteiger charge is -2.41. The quantitative estimate of drug-likeness (QED) is 0.249. The minimum absolute atomic E-state index is 0.0377. The van der Waals surface area contributed by atoms with Gasteiger partial charge in [-0.2, -0.15) is 0 Å². The highest BCUT2D eigenvalue weighted by Crippen LogP contribution is 2.30. The standard InChI is InChI=1S/C29H39N5O4S/c1-21-20-32(15-16-33(21)26(36)19-29(2,3)4)25(35)10-6-7-18-39-28-31-30-27(24-9-8-17-38-24)34(28)22-11-13-23(37-5)14-12-22/h8-9,11-14,17,21H,6-7,10,15-16,18-20H2,1-5H3. The number of piperazine rings is 1. The Hall–Kier alpha value is -3.27. The monoisotopic (exact) mass is 553 g/mol. The van der Waals surface area contributed by atoms with E-state index in [0.717, 1.165) is 35.2 Å². The fourth-order valence-corrected chi connectivity index (χ4v) is 5.65. The third kappa shape index (κ3) is 7.44. The summed E-state index contributed by atoms with van der Waals surface area (Å²) in [7, 11) is 1.64. The number of unbranched alkanes of at least 4 members (excludes halogenated alkanes) is 1. The molecular weight excluding hydrogens is 514 g/mol. The van der Waals surface area contributed by atoms with Gasteiger partial charge in [0.1, 0.15) is 5.75 Å². The van der Waals surface area contributed by atoms with E-state index in [4.69, 9.17) is 9.15 Å². The van der Waals surface area contributed by atoms with E-state index in [1.165, 1.54) is 0 Å². The van der Waals surface area contributed by atoms with Gasteiger partial charge in [-0.05, 0) is 61.6 Å². The Kier molecular flexibility index (Phi) is 9.37. The molecule has 210 valence electrons. The Labute approximate surface area is 234 Å². The fourth-order valence-electron chi connectivity index (χ4n) is 4.70. The molecule has 4 rings (SSSR count). The van der Waals surface area contributed by atoms with Crippen LogP contribution < -0.4 is 4.74 Å². The van der Waals surface area contributed by atoms with Crippen molar-refractivity contribution in [2.45, 2.75) is 64.6 Å². The van der Waals surface area contributed by atoms with Crippen LogP contribution >= 0.6 is 11.8 Å². The van der Waals surface area contributed by atoms with Gasteiger partial charge in [0.15, 0.2) is 10.9 Å². The highest BCUT2D eigenvalue weighted by Gasteiger charge is 2.31. The van der Waals surface area contributed by atoms with E-state index < -0.39 is 0 Å². The maximum atomic E-state index is 12.9. The maximum absolute atomic E-state index is 12.9. The number of methoxy groups -OCH3 is 1. The summed E-state index contributed by atoms with van der Waals surface area (Å²) >= 11 is 1.61. The predicted molar refractivity (Wildman–Crippen MR) is 152 cm³/mol. The number of hydrogen-bond donors (Lipinski definition) is 0. The third-order valence-corrected chi connectivity index (χ3v) is 7.72. The second kappa shape index (κ2) is 12.7. The van der Waals surface area contributed by atoms with Gasteiger partial charge in [-0.3, -0.25) is 14.2 Å². The lowest BCUT2D eigenvalue weighted by Crippen LogP contribution is -2.55. The van der Waals surface area contributed by atoms with Crippen molar-refractivity contribution in [3.63, 3.8) is 0 Å². The number of carbonyl (C=O) groups excluding carboxylic acids is 2. The summed E-state index contributed by atoms with van der Waals surface area (Å²) in [6.45, 7) is 10.1. The number of furan rings is 1. The van der Waals surface area contributed by atoms with Gasteiger partial charge in [0.25, 0.3) is 0 Å². The van der Waals surface area contributed by atoms with Crippen molar-refractivity contribution in [3.8, 4) is 23.0 Å². The molecule has 39 heavy (non-hydrogen) atoms. The van der Waals surface area contributed by atoms with Gasteiger partial charge in [0.05, 0.1) is 19.1 Å². The van der Waals surface area contributed by atoms with Crippen LogP contribution in [-0.4, -0.2) is 74.9 Å². The molecule has 0 spiro atoms. The molecule has 1 fully saturated rings. The Morgan fingerprint density at radius 2 is 1.85 bits per heavy atom. The van der Waals surface area contributed by atoms with Crippen LogP contribution in [0.15, 0.2) is 52.2 Å². The second-order valence-electron chi connectivity index (χ2n) is 11.1. The van der Waals surface area contributed by atoms with Crippen LogP contribution in [0.1, 0.15) is 53.4 Å². The molecule has 3 heterocycles. The number of amides is 2. The number of hydrogen-bond acceptors (Lipinski definition) is 7. The molecule has 0 saturated carbocycles. The molecule has 1 unspecified atom stereocenters. The van der Waals surface area contributed by atoms with Gasteiger partial charge in [-0.15, -0.1) is 10.2 Å². The normalized spacial score (nSPS) is 16.0. The van der Waals surface area contributed by atoms with E-state index in [1.807, 2.05) is 57.7 Å². The van der Waals surface area contributed by atoms with Crippen molar-refractivity contribution in [2.24, 2.45) is 5.41 Å². The molecule has 0 radical (unpaired) electrons. The summed E-state index contributed by atoms with van der Waals surface area (Å²) in [5.74, 6) is 3.21. The molecule has 2 amide bonds. The average molecular weight is 554 g/mol. The summed E-state index contributed by atoms with van der Waals surface area (Å²) < 4.78 is 12.9. The molecule has 3 aromatic rings. The minimum atomic E-state index is -0.0377. The first-order valence-electron chi connectivity index (χ1n) is 13.5. The summed E-state index contributed by atoms with van der Waals surface area (Å²) in [6.07, 6.45) is 4.33. The highest BCUT2D eigenvalue weighted by atomic mass is 32.2. The minimum Gasteiger partial charge on any atom is -0.497 e. The first kappa shape index (κ1) is 28.7. The van der Waals surface area contributed by atoms with Crippen molar-refractivity contribution >= 4 is 23.6 Å². The Morgan fingerprint density at radius 1 is 1.08 bits per heavy atom. The number of thioether (sulfide) groups is 1. The molecule has 2 aromatic heterocycles. The zero-order valence-corrected chi connectivity index (χ0v) is 24.4. The smallest absolute Gasteiger partial charge is 0.223 e. The van der Waals surface area contributed by atoms with E-state index in [-0.39, 0.29) is 23.3 Å². The van der Waals surface area contributed by atoms with Crippen molar-refractivity contribution in [1.82, 2.24) is 24.6 Å². The zero-order valence-electron chi connectivity index (χ0n) is 23.6. The van der Waals surface area contributed by atoms with Gasteiger partial charge in [-0.1, -0.05) is 32.5 Å². The molecule has 1 saturated heterocycles. The SMILES string of the molecule is COc1ccc(-n2c(SCCCCC(=O)N3CCN(C(=O)CC(C)(C)C)C(C)C3)nnc2-c2ccco2)cc1.